The van der Waals surface area contributed by atoms with Crippen LogP contribution in [0.4, 0.5) is 0 Å². The van der Waals surface area contributed by atoms with Crippen LogP contribution in [0.1, 0.15) is 49.1 Å². The average Bonchev–Trinajstić information content (AvgIpc) is 3.37. The van der Waals surface area contributed by atoms with Crippen molar-refractivity contribution in [1.29, 1.82) is 0 Å². The number of benzene rings is 3. The van der Waals surface area contributed by atoms with Crippen LogP contribution >= 0.6 is 11.3 Å². The lowest BCUT2D eigenvalue weighted by atomic mass is 9.93. The molecule has 0 unspecified atom stereocenters. The van der Waals surface area contributed by atoms with Gasteiger partial charge in [0.05, 0.1) is 37.1 Å². The fourth-order valence-corrected chi connectivity index (χ4v) is 6.56. The molecule has 0 spiro atoms. The van der Waals surface area contributed by atoms with Crippen molar-refractivity contribution in [3.05, 3.63) is 114 Å². The van der Waals surface area contributed by atoms with Crippen LogP contribution in [-0.2, 0) is 11.4 Å². The molecule has 0 aliphatic carbocycles. The number of nitrogens with zero attached hydrogens (tertiary/aromatic N) is 3. The van der Waals surface area contributed by atoms with Crippen LogP contribution in [0.2, 0.25) is 0 Å². The van der Waals surface area contributed by atoms with E-state index >= 15 is 0 Å². The summed E-state index contributed by atoms with van der Waals surface area (Å²) in [5.41, 5.74) is 4.34. The number of rotatable bonds is 11. The number of thiazole rings is 1. The number of carbonyl (C=O) groups is 1. The van der Waals surface area contributed by atoms with Crippen LogP contribution in [-0.4, -0.2) is 49.8 Å². The standard InChI is InChI=1S/C36H39N3O6S/c1-8-38(9-2)35(41)32-23(4)37-36-39(33(32)27-20-26(42-5)15-17-28(27)43-6)34(40)31(46-36)19-25-14-16-29(30(18-25)44-7)45-21-24-12-10-22(3)11-13-24/h10-20,33H,8-9,21H2,1-7H3/b31-19+/t33-/m0/s1. The van der Waals surface area contributed by atoms with Gasteiger partial charge < -0.3 is 23.8 Å². The number of carbonyl (C=O) groups excluding carboxylic acids is 1. The van der Waals surface area contributed by atoms with Crippen LogP contribution in [0.15, 0.2) is 81.7 Å². The monoisotopic (exact) mass is 641 g/mol. The lowest BCUT2D eigenvalue weighted by Gasteiger charge is -2.30. The van der Waals surface area contributed by atoms with Gasteiger partial charge >= 0.3 is 0 Å². The van der Waals surface area contributed by atoms with Crippen LogP contribution in [0.5, 0.6) is 23.0 Å². The fraction of sp³-hybridized carbons (Fsp3) is 0.306. The maximum atomic E-state index is 14.3. The Bertz CT molecular complexity index is 1950. The second-order valence-electron chi connectivity index (χ2n) is 10.9. The summed E-state index contributed by atoms with van der Waals surface area (Å²) in [6, 6.07) is 18.3. The first-order chi connectivity index (χ1) is 22.2. The minimum atomic E-state index is -0.774. The van der Waals surface area contributed by atoms with Gasteiger partial charge in [-0.25, -0.2) is 4.99 Å². The number of hydrogen-bond donors (Lipinski definition) is 0. The quantitative estimate of drug-likeness (QED) is 0.229. The van der Waals surface area contributed by atoms with Crippen molar-refractivity contribution < 1.29 is 23.7 Å². The van der Waals surface area contributed by atoms with Gasteiger partial charge in [0.1, 0.15) is 24.1 Å². The van der Waals surface area contributed by atoms with Crippen molar-refractivity contribution in [1.82, 2.24) is 9.47 Å². The molecule has 9 nitrogen and oxygen atoms in total. The molecule has 46 heavy (non-hydrogen) atoms. The van der Waals surface area contributed by atoms with Gasteiger partial charge in [0, 0.05) is 18.7 Å². The molecular weight excluding hydrogens is 602 g/mol. The zero-order valence-electron chi connectivity index (χ0n) is 27.2. The number of likely N-dealkylation sites (N-methyl/N-ethyl adjacent to an activating group) is 1. The van der Waals surface area contributed by atoms with Gasteiger partial charge in [-0.2, -0.15) is 0 Å². The van der Waals surface area contributed by atoms with E-state index in [1.165, 1.54) is 16.9 Å². The predicted octanol–water partition coefficient (Wildman–Crippen LogP) is 5.02. The first kappa shape index (κ1) is 32.6. The molecule has 5 rings (SSSR count). The van der Waals surface area contributed by atoms with Gasteiger partial charge in [0.15, 0.2) is 16.3 Å². The van der Waals surface area contributed by atoms with Crippen molar-refractivity contribution in [3.63, 3.8) is 0 Å². The van der Waals surface area contributed by atoms with Gasteiger partial charge in [-0.15, -0.1) is 0 Å². The number of aromatic nitrogens is 1. The molecule has 1 aliphatic heterocycles. The van der Waals surface area contributed by atoms with E-state index in [1.807, 2.05) is 76.2 Å². The summed E-state index contributed by atoms with van der Waals surface area (Å²) in [5, 5.41) is 0. The molecular formula is C36H39N3O6S. The second kappa shape index (κ2) is 14.1. The Balaban J connectivity index is 1.61. The number of aryl methyl sites for hydroxylation is 1. The predicted molar refractivity (Wildman–Crippen MR) is 180 cm³/mol. The fourth-order valence-electron chi connectivity index (χ4n) is 5.51. The lowest BCUT2D eigenvalue weighted by molar-refractivity contribution is -0.127. The van der Waals surface area contributed by atoms with E-state index in [0.29, 0.717) is 68.9 Å². The molecule has 0 saturated carbocycles. The highest BCUT2D eigenvalue weighted by Gasteiger charge is 2.36. The molecule has 10 heteroatoms. The van der Waals surface area contributed by atoms with Crippen molar-refractivity contribution in [2.45, 2.75) is 40.3 Å². The maximum absolute atomic E-state index is 14.3. The number of ether oxygens (including phenoxy) is 4. The van der Waals surface area contributed by atoms with Crippen molar-refractivity contribution in [2.75, 3.05) is 34.4 Å². The number of fused-ring (bicyclic) bond motifs is 1. The molecule has 1 aromatic heterocycles. The SMILES string of the molecule is CCN(CC)C(=O)C1=C(C)N=c2s/c(=C/c3ccc(OCc4ccc(C)cc4)c(OC)c3)c(=O)n2[C@H]1c1cc(OC)ccc1OC. The second-order valence-corrected chi connectivity index (χ2v) is 11.9. The summed E-state index contributed by atoms with van der Waals surface area (Å²) in [4.78, 5) is 35.2. The maximum Gasteiger partial charge on any atom is 0.271 e. The van der Waals surface area contributed by atoms with E-state index in [0.717, 1.165) is 11.1 Å². The Morgan fingerprint density at radius 1 is 0.913 bits per heavy atom. The third-order valence-corrected chi connectivity index (χ3v) is 9.02. The van der Waals surface area contributed by atoms with E-state index in [2.05, 4.69) is 0 Å². The molecule has 2 heterocycles. The Hall–Kier alpha value is -4.83. The largest absolute Gasteiger partial charge is 0.497 e. The highest BCUT2D eigenvalue weighted by Crippen LogP contribution is 2.38. The molecule has 0 bridgehead atoms. The van der Waals surface area contributed by atoms with E-state index < -0.39 is 6.04 Å². The third-order valence-electron chi connectivity index (χ3n) is 8.03. The summed E-state index contributed by atoms with van der Waals surface area (Å²) in [5.74, 6) is 2.09. The van der Waals surface area contributed by atoms with Crippen LogP contribution in [0, 0.1) is 6.92 Å². The average molecular weight is 642 g/mol. The van der Waals surface area contributed by atoms with Crippen LogP contribution < -0.4 is 33.8 Å². The molecule has 3 aromatic carbocycles. The number of hydrogen-bond acceptors (Lipinski definition) is 8. The molecule has 1 aliphatic rings. The third kappa shape index (κ3) is 6.44. The van der Waals surface area contributed by atoms with E-state index in [4.69, 9.17) is 23.9 Å². The van der Waals surface area contributed by atoms with E-state index in [-0.39, 0.29) is 11.5 Å². The topological polar surface area (TPSA) is 91.6 Å². The summed E-state index contributed by atoms with van der Waals surface area (Å²) >= 11 is 1.27. The summed E-state index contributed by atoms with van der Waals surface area (Å²) in [6.45, 7) is 9.16. The zero-order chi connectivity index (χ0) is 33.0. The van der Waals surface area contributed by atoms with Gasteiger partial charge in [-0.1, -0.05) is 47.2 Å². The lowest BCUT2D eigenvalue weighted by Crippen LogP contribution is -2.43. The number of amides is 1. The minimum Gasteiger partial charge on any atom is -0.497 e. The molecule has 240 valence electrons. The molecule has 0 saturated heterocycles. The molecule has 0 radical (unpaired) electrons. The first-order valence-corrected chi connectivity index (χ1v) is 15.9. The first-order valence-electron chi connectivity index (χ1n) is 15.1. The Labute approximate surface area is 272 Å². The summed E-state index contributed by atoms with van der Waals surface area (Å²) < 4.78 is 25.0. The highest BCUT2D eigenvalue weighted by atomic mass is 32.1. The Kier molecular flexibility index (Phi) is 9.96. The smallest absolute Gasteiger partial charge is 0.271 e. The molecule has 1 amide bonds. The van der Waals surface area contributed by atoms with Crippen molar-refractivity contribution in [2.24, 2.45) is 4.99 Å². The summed E-state index contributed by atoms with van der Waals surface area (Å²) in [7, 11) is 4.73. The van der Waals surface area contributed by atoms with Crippen LogP contribution in [0.3, 0.4) is 0 Å². The van der Waals surface area contributed by atoms with Gasteiger partial charge in [0.25, 0.3) is 11.5 Å². The van der Waals surface area contributed by atoms with E-state index in [1.54, 1.807) is 49.0 Å². The molecule has 4 aromatic rings. The number of methoxy groups -OCH3 is 3. The Morgan fingerprint density at radius 2 is 1.61 bits per heavy atom. The highest BCUT2D eigenvalue weighted by molar-refractivity contribution is 7.07. The summed E-state index contributed by atoms with van der Waals surface area (Å²) in [6.07, 6.45) is 1.81. The Morgan fingerprint density at radius 3 is 2.26 bits per heavy atom. The van der Waals surface area contributed by atoms with Gasteiger partial charge in [0.2, 0.25) is 0 Å². The van der Waals surface area contributed by atoms with Gasteiger partial charge in [-0.05, 0) is 75.2 Å². The van der Waals surface area contributed by atoms with Crippen molar-refractivity contribution >= 4 is 23.3 Å². The van der Waals surface area contributed by atoms with Gasteiger partial charge in [-0.3, -0.25) is 14.2 Å². The van der Waals surface area contributed by atoms with Crippen molar-refractivity contribution in [3.8, 4) is 23.0 Å². The molecule has 1 atom stereocenters. The van der Waals surface area contributed by atoms with E-state index in [9.17, 15) is 9.59 Å². The normalized spacial score (nSPS) is 14.4. The minimum absolute atomic E-state index is 0.179. The zero-order valence-corrected chi connectivity index (χ0v) is 28.1. The molecule has 0 N–H and O–H groups in total. The molecule has 0 fully saturated rings. The van der Waals surface area contributed by atoms with Crippen LogP contribution in [0.25, 0.3) is 6.08 Å². The number of allylic oxidation sites excluding steroid dienone is 1.